The molecule has 4 heteroatoms. The third kappa shape index (κ3) is 1.57. The van der Waals surface area contributed by atoms with Gasteiger partial charge in [0.2, 0.25) is 0 Å². The molecule has 0 aliphatic carbocycles. The molecule has 2 unspecified atom stereocenters. The molecule has 0 aromatic carbocycles. The summed E-state index contributed by atoms with van der Waals surface area (Å²) in [5.74, 6) is 0.474. The second-order valence-corrected chi connectivity index (χ2v) is 4.16. The number of hydrogen-bond acceptors (Lipinski definition) is 3. The van der Waals surface area contributed by atoms with E-state index in [4.69, 9.17) is 11.6 Å². The fourth-order valence-electron chi connectivity index (χ4n) is 1.78. The molecule has 1 aromatic rings. The zero-order valence-electron chi connectivity index (χ0n) is 8.39. The molecule has 14 heavy (non-hydrogen) atoms. The molecule has 76 valence electrons. The summed E-state index contributed by atoms with van der Waals surface area (Å²) >= 11 is 6.22. The van der Waals surface area contributed by atoms with Crippen molar-refractivity contribution in [2.75, 3.05) is 18.6 Å². The van der Waals surface area contributed by atoms with Gasteiger partial charge in [0, 0.05) is 25.7 Å². The molecule has 1 aliphatic heterocycles. The Bertz CT molecular complexity index is 303. The van der Waals surface area contributed by atoms with E-state index in [2.05, 4.69) is 21.9 Å². The highest BCUT2D eigenvalue weighted by Crippen LogP contribution is 2.29. The molecule has 0 spiro atoms. The molecule has 0 saturated carbocycles. The summed E-state index contributed by atoms with van der Waals surface area (Å²) in [5, 5.41) is 4.22. The minimum atomic E-state index is 0.0789. The van der Waals surface area contributed by atoms with Crippen molar-refractivity contribution in [1.82, 2.24) is 9.99 Å². The van der Waals surface area contributed by atoms with Crippen LogP contribution in [0.4, 0.5) is 5.69 Å². The van der Waals surface area contributed by atoms with Gasteiger partial charge in [-0.3, -0.25) is 4.98 Å². The monoisotopic (exact) mass is 211 g/mol. The Morgan fingerprint density at radius 3 is 2.86 bits per heavy atom. The van der Waals surface area contributed by atoms with Gasteiger partial charge in [-0.2, -0.15) is 0 Å². The van der Waals surface area contributed by atoms with Crippen molar-refractivity contribution in [3.63, 3.8) is 0 Å². The minimum Gasteiger partial charge on any atom is -0.303 e. The highest BCUT2D eigenvalue weighted by molar-refractivity contribution is 6.20. The number of halogens is 1. The number of rotatable bonds is 1. The molecule has 3 nitrogen and oxygen atoms in total. The van der Waals surface area contributed by atoms with Crippen molar-refractivity contribution in [2.45, 2.75) is 12.4 Å². The maximum Gasteiger partial charge on any atom is 0.107 e. The first-order chi connectivity index (χ1) is 6.70. The zero-order chi connectivity index (χ0) is 10.1. The Hall–Kier alpha value is -0.800. The van der Waals surface area contributed by atoms with E-state index in [1.165, 1.54) is 0 Å². The first-order valence-corrected chi connectivity index (χ1v) is 5.18. The van der Waals surface area contributed by atoms with Crippen molar-refractivity contribution >= 4 is 17.3 Å². The van der Waals surface area contributed by atoms with Crippen molar-refractivity contribution < 1.29 is 0 Å². The largest absolute Gasteiger partial charge is 0.303 e. The lowest BCUT2D eigenvalue weighted by atomic mass is 10.2. The van der Waals surface area contributed by atoms with Gasteiger partial charge in [0.1, 0.15) is 5.50 Å². The molecular formula is C10H14ClN3. The van der Waals surface area contributed by atoms with Gasteiger partial charge in [-0.25, -0.2) is 5.01 Å². The van der Waals surface area contributed by atoms with Crippen LogP contribution < -0.4 is 5.01 Å². The fraction of sp³-hybridized carbons (Fsp3) is 0.500. The molecule has 1 aliphatic rings. The van der Waals surface area contributed by atoms with Crippen LogP contribution in [0.2, 0.25) is 0 Å². The van der Waals surface area contributed by atoms with Gasteiger partial charge in [0.15, 0.2) is 0 Å². The summed E-state index contributed by atoms with van der Waals surface area (Å²) in [6.07, 6.45) is 3.64. The Morgan fingerprint density at radius 1 is 1.57 bits per heavy atom. The maximum atomic E-state index is 6.22. The summed E-state index contributed by atoms with van der Waals surface area (Å²) in [7, 11) is 2.01. The summed E-state index contributed by atoms with van der Waals surface area (Å²) in [4.78, 5) is 4.10. The third-order valence-corrected chi connectivity index (χ3v) is 3.32. The van der Waals surface area contributed by atoms with Crippen LogP contribution in [0.25, 0.3) is 0 Å². The van der Waals surface area contributed by atoms with Crippen molar-refractivity contribution in [3.05, 3.63) is 24.5 Å². The highest BCUT2D eigenvalue weighted by atomic mass is 35.5. The SMILES string of the molecule is CC1CN(c2cccnc2)N(C)C1Cl. The van der Waals surface area contributed by atoms with Crippen LogP contribution in [0.3, 0.4) is 0 Å². The highest BCUT2D eigenvalue weighted by Gasteiger charge is 2.33. The number of nitrogens with zero attached hydrogens (tertiary/aromatic N) is 3. The average molecular weight is 212 g/mol. The normalized spacial score (nSPS) is 28.4. The van der Waals surface area contributed by atoms with E-state index in [1.807, 2.05) is 25.4 Å². The number of hydrogen-bond donors (Lipinski definition) is 0. The molecule has 0 amide bonds. The molecule has 2 atom stereocenters. The first-order valence-electron chi connectivity index (χ1n) is 4.74. The molecular weight excluding hydrogens is 198 g/mol. The first kappa shape index (κ1) is 9.74. The Kier molecular flexibility index (Phi) is 2.61. The van der Waals surface area contributed by atoms with Crippen LogP contribution >= 0.6 is 11.6 Å². The fourth-order valence-corrected chi connectivity index (χ4v) is 1.97. The summed E-state index contributed by atoms with van der Waals surface area (Å²) < 4.78 is 0. The van der Waals surface area contributed by atoms with Crippen molar-refractivity contribution in [1.29, 1.82) is 0 Å². The Labute approximate surface area is 89.3 Å². The number of hydrazine groups is 1. The zero-order valence-corrected chi connectivity index (χ0v) is 9.15. The van der Waals surface area contributed by atoms with Gasteiger partial charge in [-0.15, -0.1) is 11.6 Å². The second kappa shape index (κ2) is 3.75. The van der Waals surface area contributed by atoms with Crippen LogP contribution in [-0.2, 0) is 0 Å². The predicted molar refractivity (Wildman–Crippen MR) is 58.2 cm³/mol. The van der Waals surface area contributed by atoms with Crippen LogP contribution in [-0.4, -0.2) is 29.1 Å². The molecule has 0 radical (unpaired) electrons. The Morgan fingerprint density at radius 2 is 2.36 bits per heavy atom. The molecule has 0 bridgehead atoms. The number of pyridine rings is 1. The molecule has 1 aromatic heterocycles. The van der Waals surface area contributed by atoms with Gasteiger partial charge >= 0.3 is 0 Å². The van der Waals surface area contributed by atoms with E-state index < -0.39 is 0 Å². The maximum absolute atomic E-state index is 6.22. The quantitative estimate of drug-likeness (QED) is 0.523. The van der Waals surface area contributed by atoms with Gasteiger partial charge in [-0.1, -0.05) is 6.92 Å². The van der Waals surface area contributed by atoms with Gasteiger partial charge in [0.25, 0.3) is 0 Å². The van der Waals surface area contributed by atoms with E-state index in [9.17, 15) is 0 Å². The second-order valence-electron chi connectivity index (χ2n) is 3.72. The van der Waals surface area contributed by atoms with Gasteiger partial charge in [-0.05, 0) is 12.1 Å². The molecule has 2 rings (SSSR count). The van der Waals surface area contributed by atoms with Crippen LogP contribution in [0.1, 0.15) is 6.92 Å². The average Bonchev–Trinajstić information content (AvgIpc) is 2.47. The van der Waals surface area contributed by atoms with Crippen LogP contribution in [0.5, 0.6) is 0 Å². The lowest BCUT2D eigenvalue weighted by Gasteiger charge is -2.27. The summed E-state index contributed by atoms with van der Waals surface area (Å²) in [5.41, 5.74) is 1.18. The smallest absolute Gasteiger partial charge is 0.107 e. The van der Waals surface area contributed by atoms with E-state index in [-0.39, 0.29) is 5.50 Å². The number of aromatic nitrogens is 1. The Balaban J connectivity index is 2.21. The van der Waals surface area contributed by atoms with E-state index in [0.717, 1.165) is 12.2 Å². The van der Waals surface area contributed by atoms with Crippen LogP contribution in [0.15, 0.2) is 24.5 Å². The van der Waals surface area contributed by atoms with Gasteiger partial charge in [0.05, 0.1) is 11.9 Å². The van der Waals surface area contributed by atoms with Crippen LogP contribution in [0, 0.1) is 5.92 Å². The standard InChI is InChI=1S/C10H14ClN3/c1-8-7-14(13(2)10(8)11)9-4-3-5-12-6-9/h3-6,8,10H,7H2,1-2H3. The number of alkyl halides is 1. The van der Waals surface area contributed by atoms with E-state index in [1.54, 1.807) is 6.20 Å². The lowest BCUT2D eigenvalue weighted by molar-refractivity contribution is 0.337. The number of anilines is 1. The summed E-state index contributed by atoms with van der Waals surface area (Å²) in [6.45, 7) is 3.11. The topological polar surface area (TPSA) is 19.4 Å². The van der Waals surface area contributed by atoms with Gasteiger partial charge < -0.3 is 5.01 Å². The summed E-state index contributed by atoms with van der Waals surface area (Å²) in [6, 6.07) is 3.99. The van der Waals surface area contributed by atoms with E-state index >= 15 is 0 Å². The predicted octanol–water partition coefficient (Wildman–Crippen LogP) is 1.95. The van der Waals surface area contributed by atoms with E-state index in [0.29, 0.717) is 5.92 Å². The minimum absolute atomic E-state index is 0.0789. The lowest BCUT2D eigenvalue weighted by Crippen LogP contribution is -2.35. The molecule has 1 fully saturated rings. The molecule has 1 saturated heterocycles. The van der Waals surface area contributed by atoms with Crippen molar-refractivity contribution in [3.8, 4) is 0 Å². The molecule has 0 N–H and O–H groups in total. The molecule has 2 heterocycles. The van der Waals surface area contributed by atoms with Crippen molar-refractivity contribution in [2.24, 2.45) is 5.92 Å². The third-order valence-electron chi connectivity index (χ3n) is 2.61.